The third kappa shape index (κ3) is 4.96. The highest BCUT2D eigenvalue weighted by atomic mass is 35.5. The molecule has 5 heteroatoms. The maximum Gasteiger partial charge on any atom is 0.237 e. The van der Waals surface area contributed by atoms with Gasteiger partial charge in [0.05, 0.1) is 6.04 Å². The van der Waals surface area contributed by atoms with Gasteiger partial charge in [-0.2, -0.15) is 0 Å². The molecule has 1 aromatic carbocycles. The highest BCUT2D eigenvalue weighted by molar-refractivity contribution is 6.31. The molecule has 1 amide bonds. The molecule has 0 bridgehead atoms. The molecule has 2 saturated heterocycles. The van der Waals surface area contributed by atoms with Crippen molar-refractivity contribution in [3.05, 3.63) is 34.9 Å². The van der Waals surface area contributed by atoms with E-state index >= 15 is 0 Å². The van der Waals surface area contributed by atoms with Crippen molar-refractivity contribution in [3.8, 4) is 0 Å². The smallest absolute Gasteiger partial charge is 0.237 e. The molecule has 1 atom stereocenters. The van der Waals surface area contributed by atoms with Crippen LogP contribution in [-0.2, 0) is 11.3 Å². The summed E-state index contributed by atoms with van der Waals surface area (Å²) >= 11 is 6.27. The summed E-state index contributed by atoms with van der Waals surface area (Å²) in [6, 6.07) is 8.46. The number of carbonyl (C=O) groups is 1. The molecule has 2 aliphatic heterocycles. The van der Waals surface area contributed by atoms with Crippen LogP contribution in [0.25, 0.3) is 0 Å². The second-order valence-corrected chi connectivity index (χ2v) is 7.70. The number of piperidine rings is 2. The number of nitrogens with zero attached hydrogens (tertiary/aromatic N) is 2. The van der Waals surface area contributed by atoms with Crippen LogP contribution in [0, 0.1) is 0 Å². The summed E-state index contributed by atoms with van der Waals surface area (Å²) in [5, 5.41) is 4.16. The number of carbonyl (C=O) groups excluding carboxylic acids is 1. The van der Waals surface area contributed by atoms with Crippen molar-refractivity contribution in [1.29, 1.82) is 0 Å². The lowest BCUT2D eigenvalue weighted by atomic mass is 9.99. The fourth-order valence-electron chi connectivity index (χ4n) is 4.07. The highest BCUT2D eigenvalue weighted by Gasteiger charge is 2.29. The fourth-order valence-corrected chi connectivity index (χ4v) is 4.26. The first-order chi connectivity index (χ1) is 12.2. The van der Waals surface area contributed by atoms with Crippen molar-refractivity contribution < 1.29 is 4.79 Å². The van der Waals surface area contributed by atoms with E-state index in [0.29, 0.717) is 6.04 Å². The molecule has 1 N–H and O–H groups in total. The SMILES string of the molecule is CCN1CCCC[C@@H]1C(=O)NC1CCN(Cc2ccccc2Cl)CC1. The normalized spacial score (nSPS) is 23.5. The fraction of sp³-hybridized carbons (Fsp3) is 0.650. The van der Waals surface area contributed by atoms with Crippen molar-refractivity contribution in [2.75, 3.05) is 26.2 Å². The quantitative estimate of drug-likeness (QED) is 0.871. The Morgan fingerprint density at radius 3 is 2.64 bits per heavy atom. The van der Waals surface area contributed by atoms with Gasteiger partial charge in [0.15, 0.2) is 0 Å². The molecule has 0 radical (unpaired) electrons. The van der Waals surface area contributed by atoms with Gasteiger partial charge in [-0.05, 0) is 50.4 Å². The molecule has 0 unspecified atom stereocenters. The molecule has 1 aromatic rings. The number of amides is 1. The van der Waals surface area contributed by atoms with Gasteiger partial charge in [0, 0.05) is 30.7 Å². The predicted octanol–water partition coefficient (Wildman–Crippen LogP) is 3.30. The van der Waals surface area contributed by atoms with E-state index in [-0.39, 0.29) is 11.9 Å². The van der Waals surface area contributed by atoms with Gasteiger partial charge in [-0.25, -0.2) is 0 Å². The van der Waals surface area contributed by atoms with Gasteiger partial charge in [-0.3, -0.25) is 14.6 Å². The zero-order valence-corrected chi connectivity index (χ0v) is 16.0. The zero-order valence-electron chi connectivity index (χ0n) is 15.2. The van der Waals surface area contributed by atoms with Crippen molar-refractivity contribution >= 4 is 17.5 Å². The van der Waals surface area contributed by atoms with Crippen molar-refractivity contribution in [1.82, 2.24) is 15.1 Å². The summed E-state index contributed by atoms with van der Waals surface area (Å²) in [7, 11) is 0. The third-order valence-electron chi connectivity index (χ3n) is 5.61. The van der Waals surface area contributed by atoms with E-state index in [1.165, 1.54) is 18.4 Å². The van der Waals surface area contributed by atoms with Gasteiger partial charge in [0.25, 0.3) is 0 Å². The Hall–Kier alpha value is -1.10. The summed E-state index contributed by atoms with van der Waals surface area (Å²) in [6.07, 6.45) is 5.44. The standard InChI is InChI=1S/C20H30ClN3O/c1-2-24-12-6-5-9-19(24)20(25)22-17-10-13-23(14-11-17)15-16-7-3-4-8-18(16)21/h3-4,7-8,17,19H,2,5-6,9-15H2,1H3,(H,22,25)/t19-/m1/s1. The molecule has 4 nitrogen and oxygen atoms in total. The number of hydrogen-bond acceptors (Lipinski definition) is 3. The molecule has 0 spiro atoms. The lowest BCUT2D eigenvalue weighted by molar-refractivity contribution is -0.128. The Morgan fingerprint density at radius 2 is 1.92 bits per heavy atom. The van der Waals surface area contributed by atoms with Crippen LogP contribution in [0.2, 0.25) is 5.02 Å². The van der Waals surface area contributed by atoms with E-state index in [2.05, 4.69) is 28.1 Å². The van der Waals surface area contributed by atoms with Crippen LogP contribution in [0.15, 0.2) is 24.3 Å². The zero-order chi connectivity index (χ0) is 17.6. The number of hydrogen-bond donors (Lipinski definition) is 1. The van der Waals surface area contributed by atoms with Crippen LogP contribution in [0.4, 0.5) is 0 Å². The second-order valence-electron chi connectivity index (χ2n) is 7.29. The van der Waals surface area contributed by atoms with Gasteiger partial charge in [-0.1, -0.05) is 43.1 Å². The molecule has 0 aromatic heterocycles. The van der Waals surface area contributed by atoms with Gasteiger partial charge in [0.2, 0.25) is 5.91 Å². The highest BCUT2D eigenvalue weighted by Crippen LogP contribution is 2.21. The molecule has 2 fully saturated rings. The summed E-state index contributed by atoms with van der Waals surface area (Å²) in [5.74, 6) is 0.242. The molecule has 0 aliphatic carbocycles. The van der Waals surface area contributed by atoms with Crippen LogP contribution in [0.3, 0.4) is 0 Å². The van der Waals surface area contributed by atoms with Crippen molar-refractivity contribution in [3.63, 3.8) is 0 Å². The van der Waals surface area contributed by atoms with Gasteiger partial charge in [-0.15, -0.1) is 0 Å². The van der Waals surface area contributed by atoms with E-state index in [9.17, 15) is 4.79 Å². The Labute approximate surface area is 156 Å². The average Bonchev–Trinajstić information content (AvgIpc) is 2.65. The Bertz CT molecular complexity index is 572. The summed E-state index contributed by atoms with van der Waals surface area (Å²) in [4.78, 5) is 17.4. The lowest BCUT2D eigenvalue weighted by Crippen LogP contribution is -2.53. The van der Waals surface area contributed by atoms with E-state index < -0.39 is 0 Å². The summed E-state index contributed by atoms with van der Waals surface area (Å²) < 4.78 is 0. The van der Waals surface area contributed by atoms with Crippen molar-refractivity contribution in [2.45, 2.75) is 57.7 Å². The van der Waals surface area contributed by atoms with E-state index in [0.717, 1.165) is 57.0 Å². The molecular weight excluding hydrogens is 334 g/mol. The maximum absolute atomic E-state index is 12.7. The molecule has 0 saturated carbocycles. The number of halogens is 1. The van der Waals surface area contributed by atoms with Gasteiger partial charge >= 0.3 is 0 Å². The number of likely N-dealkylation sites (tertiary alicyclic amines) is 2. The lowest BCUT2D eigenvalue weighted by Gasteiger charge is -2.37. The predicted molar refractivity (Wildman–Crippen MR) is 103 cm³/mol. The first kappa shape index (κ1) is 18.7. The number of benzene rings is 1. The minimum atomic E-state index is 0.0832. The van der Waals surface area contributed by atoms with Crippen LogP contribution in [-0.4, -0.2) is 54.0 Å². The van der Waals surface area contributed by atoms with Gasteiger partial charge < -0.3 is 5.32 Å². The first-order valence-corrected chi connectivity index (χ1v) is 10.1. The molecule has 138 valence electrons. The minimum absolute atomic E-state index is 0.0832. The largest absolute Gasteiger partial charge is 0.352 e. The summed E-state index contributed by atoms with van der Waals surface area (Å²) in [5.41, 5.74) is 1.19. The van der Waals surface area contributed by atoms with E-state index in [4.69, 9.17) is 11.6 Å². The molecule has 2 aliphatic rings. The van der Waals surface area contributed by atoms with Crippen LogP contribution < -0.4 is 5.32 Å². The average molecular weight is 364 g/mol. The topological polar surface area (TPSA) is 35.6 Å². The van der Waals surface area contributed by atoms with Crippen LogP contribution in [0.5, 0.6) is 0 Å². The molecule has 25 heavy (non-hydrogen) atoms. The molecular formula is C20H30ClN3O. The minimum Gasteiger partial charge on any atom is -0.352 e. The number of rotatable bonds is 5. The number of nitrogens with one attached hydrogen (secondary N) is 1. The van der Waals surface area contributed by atoms with Crippen LogP contribution >= 0.6 is 11.6 Å². The van der Waals surface area contributed by atoms with E-state index in [1.54, 1.807) is 0 Å². The molecule has 3 rings (SSSR count). The first-order valence-electron chi connectivity index (χ1n) is 9.67. The maximum atomic E-state index is 12.7. The molecule has 2 heterocycles. The number of likely N-dealkylation sites (N-methyl/N-ethyl adjacent to an activating group) is 1. The summed E-state index contributed by atoms with van der Waals surface area (Å²) in [6.45, 7) is 7.10. The van der Waals surface area contributed by atoms with Crippen LogP contribution in [0.1, 0.15) is 44.6 Å². The van der Waals surface area contributed by atoms with Crippen molar-refractivity contribution in [2.24, 2.45) is 0 Å². The Morgan fingerprint density at radius 1 is 1.16 bits per heavy atom. The Kier molecular flexibility index (Phi) is 6.74. The second kappa shape index (κ2) is 9.02. The third-order valence-corrected chi connectivity index (χ3v) is 5.98. The van der Waals surface area contributed by atoms with Gasteiger partial charge in [0.1, 0.15) is 0 Å². The van der Waals surface area contributed by atoms with E-state index in [1.807, 2.05) is 18.2 Å². The Balaban J connectivity index is 1.46. The monoisotopic (exact) mass is 363 g/mol.